The summed E-state index contributed by atoms with van der Waals surface area (Å²) in [5, 5.41) is 2.55. The van der Waals surface area contributed by atoms with Crippen LogP contribution in [-0.2, 0) is 9.59 Å². The predicted octanol–water partition coefficient (Wildman–Crippen LogP) is 5.60. The van der Waals surface area contributed by atoms with Crippen molar-refractivity contribution in [1.82, 2.24) is 4.90 Å². The molecule has 34 heavy (non-hydrogen) atoms. The van der Waals surface area contributed by atoms with E-state index in [1.165, 1.54) is 0 Å². The van der Waals surface area contributed by atoms with Crippen molar-refractivity contribution >= 4 is 52.2 Å². The Balaban J connectivity index is 1.78. The third-order valence-corrected chi connectivity index (χ3v) is 6.22. The number of nitrogens with zero attached hydrogens (tertiary/aromatic N) is 1. The monoisotopic (exact) mass is 500 g/mol. The second-order valence-electron chi connectivity index (χ2n) is 7.43. The molecule has 178 valence electrons. The van der Waals surface area contributed by atoms with Gasteiger partial charge in [-0.2, -0.15) is 0 Å². The van der Waals surface area contributed by atoms with Crippen molar-refractivity contribution in [3.63, 3.8) is 0 Å². The van der Waals surface area contributed by atoms with Crippen LogP contribution >= 0.6 is 23.4 Å². The van der Waals surface area contributed by atoms with E-state index in [4.69, 9.17) is 21.1 Å². The first-order chi connectivity index (χ1) is 16.2. The third kappa shape index (κ3) is 5.81. The van der Waals surface area contributed by atoms with Crippen LogP contribution in [0.5, 0.6) is 11.5 Å². The molecule has 1 aliphatic rings. The quantitative estimate of drug-likeness (QED) is 0.356. The number of rotatable bonds is 9. The topological polar surface area (TPSA) is 84.9 Å². The summed E-state index contributed by atoms with van der Waals surface area (Å²) in [6, 6.07) is 8.83. The molecule has 9 heteroatoms. The van der Waals surface area contributed by atoms with Crippen molar-refractivity contribution in [2.24, 2.45) is 0 Å². The van der Waals surface area contributed by atoms with E-state index in [9.17, 15) is 14.4 Å². The Morgan fingerprint density at radius 2 is 2.00 bits per heavy atom. The lowest BCUT2D eigenvalue weighted by Gasteiger charge is -2.14. The first-order valence-electron chi connectivity index (χ1n) is 10.6. The van der Waals surface area contributed by atoms with Gasteiger partial charge in [-0.25, -0.2) is 0 Å². The fourth-order valence-corrected chi connectivity index (χ4v) is 4.34. The molecule has 0 aliphatic carbocycles. The molecule has 1 fully saturated rings. The van der Waals surface area contributed by atoms with E-state index in [1.54, 1.807) is 30.4 Å². The van der Waals surface area contributed by atoms with E-state index in [2.05, 4.69) is 11.9 Å². The molecular formula is C25H25ClN2O5S. The summed E-state index contributed by atoms with van der Waals surface area (Å²) in [6.45, 7) is 9.53. The molecule has 2 aromatic rings. The van der Waals surface area contributed by atoms with Gasteiger partial charge in [0, 0.05) is 5.69 Å². The van der Waals surface area contributed by atoms with E-state index in [0.717, 1.165) is 27.8 Å². The second kappa shape index (κ2) is 11.3. The molecule has 0 spiro atoms. The number of halogens is 1. The Morgan fingerprint density at radius 1 is 1.24 bits per heavy atom. The Bertz CT molecular complexity index is 1180. The van der Waals surface area contributed by atoms with Crippen molar-refractivity contribution in [2.45, 2.75) is 20.8 Å². The summed E-state index contributed by atoms with van der Waals surface area (Å²) in [4.78, 5) is 39.0. The number of nitrogens with one attached hydrogen (secondary N) is 1. The maximum absolute atomic E-state index is 12.9. The fraction of sp³-hybridized carbons (Fsp3) is 0.240. The summed E-state index contributed by atoms with van der Waals surface area (Å²) in [5.74, 6) is -0.221. The standard InChI is InChI=1S/C25H25ClN2O5S/c1-5-10-33-23-18(26)11-17(12-20(23)32-6-2)13-21-24(30)28(25(31)34-21)14-22(29)27-19-9-7-8-15(3)16(19)4/h5,7-9,11-13H,1,6,10,14H2,2-4H3,(H,27,29)/b21-13+. The molecule has 0 unspecified atom stereocenters. The molecule has 2 aromatic carbocycles. The number of amides is 3. The van der Waals surface area contributed by atoms with Crippen LogP contribution in [0.15, 0.2) is 47.9 Å². The highest BCUT2D eigenvalue weighted by Gasteiger charge is 2.36. The van der Waals surface area contributed by atoms with E-state index in [-0.39, 0.29) is 18.1 Å². The van der Waals surface area contributed by atoms with Crippen LogP contribution in [0.4, 0.5) is 10.5 Å². The highest BCUT2D eigenvalue weighted by Crippen LogP contribution is 2.39. The Kier molecular flexibility index (Phi) is 8.41. The lowest BCUT2D eigenvalue weighted by molar-refractivity contribution is -0.127. The van der Waals surface area contributed by atoms with Crippen molar-refractivity contribution in [3.8, 4) is 11.5 Å². The maximum atomic E-state index is 12.9. The second-order valence-corrected chi connectivity index (χ2v) is 8.83. The molecule has 0 aromatic heterocycles. The minimum absolute atomic E-state index is 0.183. The molecular weight excluding hydrogens is 476 g/mol. The molecule has 1 heterocycles. The van der Waals surface area contributed by atoms with Gasteiger partial charge in [-0.15, -0.1) is 0 Å². The van der Waals surface area contributed by atoms with Crippen molar-refractivity contribution in [3.05, 3.63) is 69.6 Å². The van der Waals surface area contributed by atoms with Gasteiger partial charge in [-0.1, -0.05) is 36.4 Å². The maximum Gasteiger partial charge on any atom is 0.294 e. The van der Waals surface area contributed by atoms with Gasteiger partial charge < -0.3 is 14.8 Å². The number of anilines is 1. The van der Waals surface area contributed by atoms with Gasteiger partial charge in [0.15, 0.2) is 11.5 Å². The fourth-order valence-electron chi connectivity index (χ4n) is 3.22. The molecule has 3 rings (SSSR count). The zero-order valence-corrected chi connectivity index (χ0v) is 20.7. The van der Waals surface area contributed by atoms with E-state index < -0.39 is 17.1 Å². The minimum Gasteiger partial charge on any atom is -0.490 e. The van der Waals surface area contributed by atoms with Crippen molar-refractivity contribution in [2.75, 3.05) is 25.1 Å². The van der Waals surface area contributed by atoms with Crippen LogP contribution in [0.2, 0.25) is 5.02 Å². The van der Waals surface area contributed by atoms with Gasteiger partial charge in [-0.05, 0) is 73.5 Å². The van der Waals surface area contributed by atoms with Gasteiger partial charge in [0.05, 0.1) is 16.5 Å². The largest absolute Gasteiger partial charge is 0.490 e. The molecule has 0 radical (unpaired) electrons. The SMILES string of the molecule is C=CCOc1c(Cl)cc(/C=C2/SC(=O)N(CC(=O)Nc3cccc(C)c3C)C2=O)cc1OCC. The predicted molar refractivity (Wildman–Crippen MR) is 136 cm³/mol. The van der Waals surface area contributed by atoms with Gasteiger partial charge in [-0.3, -0.25) is 19.3 Å². The number of hydrogen-bond acceptors (Lipinski definition) is 6. The number of hydrogen-bond donors (Lipinski definition) is 1. The van der Waals surface area contributed by atoms with Crippen LogP contribution in [0.1, 0.15) is 23.6 Å². The number of imide groups is 1. The average molecular weight is 501 g/mol. The van der Waals surface area contributed by atoms with Crippen LogP contribution < -0.4 is 14.8 Å². The normalized spacial score (nSPS) is 14.5. The smallest absolute Gasteiger partial charge is 0.294 e. The Labute approximate surface area is 207 Å². The van der Waals surface area contributed by atoms with Crippen LogP contribution in [0.25, 0.3) is 6.08 Å². The molecule has 3 amide bonds. The minimum atomic E-state index is -0.549. The zero-order chi connectivity index (χ0) is 24.8. The molecule has 7 nitrogen and oxygen atoms in total. The van der Waals surface area contributed by atoms with Crippen molar-refractivity contribution < 1.29 is 23.9 Å². The van der Waals surface area contributed by atoms with Crippen LogP contribution in [0.3, 0.4) is 0 Å². The molecule has 1 N–H and O–H groups in total. The van der Waals surface area contributed by atoms with Gasteiger partial charge in [0.1, 0.15) is 13.2 Å². The number of ether oxygens (including phenoxy) is 2. The molecule has 0 saturated carbocycles. The summed E-state index contributed by atoms with van der Waals surface area (Å²) in [6.07, 6.45) is 3.13. The first-order valence-corrected chi connectivity index (χ1v) is 11.8. The summed E-state index contributed by atoms with van der Waals surface area (Å²) >= 11 is 7.13. The van der Waals surface area contributed by atoms with Gasteiger partial charge in [0.2, 0.25) is 5.91 Å². The molecule has 0 atom stereocenters. The summed E-state index contributed by atoms with van der Waals surface area (Å²) in [7, 11) is 0. The lowest BCUT2D eigenvalue weighted by atomic mass is 10.1. The van der Waals surface area contributed by atoms with Crippen molar-refractivity contribution in [1.29, 1.82) is 0 Å². The van der Waals surface area contributed by atoms with E-state index >= 15 is 0 Å². The highest BCUT2D eigenvalue weighted by atomic mass is 35.5. The summed E-state index contributed by atoms with van der Waals surface area (Å²) in [5.41, 5.74) is 3.15. The number of aryl methyl sites for hydroxylation is 1. The Hall–Kier alpha value is -3.23. The van der Waals surface area contributed by atoms with E-state index in [0.29, 0.717) is 34.4 Å². The molecule has 0 bridgehead atoms. The van der Waals surface area contributed by atoms with E-state index in [1.807, 2.05) is 32.9 Å². The highest BCUT2D eigenvalue weighted by molar-refractivity contribution is 8.18. The van der Waals surface area contributed by atoms with Crippen LogP contribution in [0, 0.1) is 13.8 Å². The third-order valence-electron chi connectivity index (χ3n) is 5.03. The number of thioether (sulfide) groups is 1. The number of carbonyl (C=O) groups excluding carboxylic acids is 3. The number of benzene rings is 2. The zero-order valence-electron chi connectivity index (χ0n) is 19.1. The van der Waals surface area contributed by atoms with Crippen LogP contribution in [-0.4, -0.2) is 41.7 Å². The summed E-state index contributed by atoms with van der Waals surface area (Å²) < 4.78 is 11.2. The molecule has 1 aliphatic heterocycles. The lowest BCUT2D eigenvalue weighted by Crippen LogP contribution is -2.36. The van der Waals surface area contributed by atoms with Gasteiger partial charge in [0.25, 0.3) is 11.1 Å². The Morgan fingerprint density at radius 3 is 2.71 bits per heavy atom. The first kappa shape index (κ1) is 25.4. The number of carbonyl (C=O) groups is 3. The molecule has 1 saturated heterocycles. The van der Waals surface area contributed by atoms with Gasteiger partial charge >= 0.3 is 0 Å². The average Bonchev–Trinajstić information content (AvgIpc) is 3.04.